The molecule has 8 heteroatoms. The number of amides is 2. The fraction of sp³-hybridized carbons (Fsp3) is 0.316. The molecule has 2 heterocycles. The van der Waals surface area contributed by atoms with E-state index in [4.69, 9.17) is 5.73 Å². The predicted molar refractivity (Wildman–Crippen MR) is 103 cm³/mol. The number of hydrogen-bond donors (Lipinski definition) is 1. The minimum atomic E-state index is -0.444. The summed E-state index contributed by atoms with van der Waals surface area (Å²) in [5, 5.41) is 4.05. The van der Waals surface area contributed by atoms with Crippen LogP contribution in [0.5, 0.6) is 0 Å². The van der Waals surface area contributed by atoms with Crippen molar-refractivity contribution in [3.05, 3.63) is 52.5 Å². The van der Waals surface area contributed by atoms with Crippen LogP contribution in [-0.2, 0) is 9.59 Å². The number of likely N-dealkylation sites (tertiary alicyclic amines) is 1. The molecule has 0 saturated carbocycles. The lowest BCUT2D eigenvalue weighted by Gasteiger charge is -2.36. The van der Waals surface area contributed by atoms with Gasteiger partial charge in [-0.3, -0.25) is 9.59 Å². The molecule has 2 aromatic rings. The molecule has 0 spiro atoms. The van der Waals surface area contributed by atoms with Gasteiger partial charge in [-0.15, -0.1) is 0 Å². The molecule has 142 valence electrons. The summed E-state index contributed by atoms with van der Waals surface area (Å²) in [6.07, 6.45) is 7.62. The second kappa shape index (κ2) is 8.04. The van der Waals surface area contributed by atoms with Crippen molar-refractivity contribution in [2.75, 3.05) is 6.54 Å². The molecule has 1 fully saturated rings. The summed E-state index contributed by atoms with van der Waals surface area (Å²) < 4.78 is 16.5. The molecule has 1 aliphatic heterocycles. The number of halogens is 2. The highest BCUT2D eigenvalue weighted by molar-refractivity contribution is 9.10. The lowest BCUT2D eigenvalue weighted by atomic mass is 9.93. The van der Waals surface area contributed by atoms with Crippen molar-refractivity contribution in [1.29, 1.82) is 0 Å². The van der Waals surface area contributed by atoms with Gasteiger partial charge in [-0.1, -0.05) is 6.07 Å². The molecule has 2 atom stereocenters. The van der Waals surface area contributed by atoms with Gasteiger partial charge in [0.25, 0.3) is 0 Å². The van der Waals surface area contributed by atoms with Gasteiger partial charge in [0.05, 0.1) is 16.6 Å². The van der Waals surface area contributed by atoms with Crippen LogP contribution < -0.4 is 5.73 Å². The Morgan fingerprint density at radius 1 is 1.37 bits per heavy atom. The summed E-state index contributed by atoms with van der Waals surface area (Å²) in [5.74, 6) is -1.36. The Balaban J connectivity index is 1.72. The van der Waals surface area contributed by atoms with Crippen LogP contribution in [0.3, 0.4) is 0 Å². The molecular formula is C19H20BrFN4O2. The summed E-state index contributed by atoms with van der Waals surface area (Å²) in [5.41, 5.74) is 6.25. The van der Waals surface area contributed by atoms with Crippen molar-refractivity contribution >= 4 is 33.8 Å². The number of carbonyl (C=O) groups excluding carboxylic acids is 2. The molecule has 2 N–H and O–H groups in total. The molecule has 0 aliphatic carbocycles. The maximum Gasteiger partial charge on any atom is 0.246 e. The van der Waals surface area contributed by atoms with Crippen LogP contribution in [0.15, 0.2) is 41.1 Å². The van der Waals surface area contributed by atoms with Crippen LogP contribution in [0.2, 0.25) is 0 Å². The predicted octanol–water partition coefficient (Wildman–Crippen LogP) is 2.90. The lowest BCUT2D eigenvalue weighted by Crippen LogP contribution is -2.48. The van der Waals surface area contributed by atoms with Crippen molar-refractivity contribution < 1.29 is 14.0 Å². The first kappa shape index (κ1) is 19.3. The highest BCUT2D eigenvalue weighted by Crippen LogP contribution is 2.22. The number of nitrogens with two attached hydrogens (primary N) is 1. The fourth-order valence-corrected chi connectivity index (χ4v) is 3.44. The second-order valence-corrected chi connectivity index (χ2v) is 7.58. The standard InChI is InChI=1S/C19H20BrFN4O2/c1-12-2-5-14(19(22)27)10-24(12)18(26)7-4-13-3-6-17(16(21)8-13)25-11-15(20)9-23-25/h3-4,6-9,11-12,14H,2,5,10H2,1H3,(H2,22,27)/b7-4+. The van der Waals surface area contributed by atoms with Crippen LogP contribution in [0.25, 0.3) is 11.8 Å². The number of benzene rings is 1. The number of piperidine rings is 1. The SMILES string of the molecule is CC1CCC(C(N)=O)CN1C(=O)/C=C/c1ccc(-n2cc(Br)cn2)c(F)c1. The van der Waals surface area contributed by atoms with Gasteiger partial charge >= 0.3 is 0 Å². The van der Waals surface area contributed by atoms with E-state index in [1.165, 1.54) is 16.8 Å². The quantitative estimate of drug-likeness (QED) is 0.750. The molecule has 1 aromatic heterocycles. The van der Waals surface area contributed by atoms with E-state index in [1.54, 1.807) is 35.5 Å². The second-order valence-electron chi connectivity index (χ2n) is 6.66. The van der Waals surface area contributed by atoms with E-state index in [1.807, 2.05) is 6.92 Å². The van der Waals surface area contributed by atoms with E-state index in [9.17, 15) is 14.0 Å². The Labute approximate surface area is 165 Å². The zero-order valence-corrected chi connectivity index (χ0v) is 16.4. The maximum absolute atomic E-state index is 14.4. The number of hydrogen-bond acceptors (Lipinski definition) is 3. The summed E-state index contributed by atoms with van der Waals surface area (Å²) in [4.78, 5) is 25.6. The minimum Gasteiger partial charge on any atom is -0.369 e. The van der Waals surface area contributed by atoms with Crippen molar-refractivity contribution in [2.45, 2.75) is 25.8 Å². The Bertz CT molecular complexity index is 896. The van der Waals surface area contributed by atoms with Gasteiger partial charge in [-0.2, -0.15) is 5.10 Å². The number of nitrogens with zero attached hydrogens (tertiary/aromatic N) is 3. The normalized spacial score (nSPS) is 20.2. The molecule has 6 nitrogen and oxygen atoms in total. The maximum atomic E-state index is 14.4. The summed E-state index contributed by atoms with van der Waals surface area (Å²) in [6.45, 7) is 2.26. The molecule has 3 rings (SSSR count). The van der Waals surface area contributed by atoms with Crippen molar-refractivity contribution in [1.82, 2.24) is 14.7 Å². The largest absolute Gasteiger partial charge is 0.369 e. The van der Waals surface area contributed by atoms with Gasteiger partial charge in [0.1, 0.15) is 11.5 Å². The van der Waals surface area contributed by atoms with Crippen molar-refractivity contribution in [3.63, 3.8) is 0 Å². The fourth-order valence-electron chi connectivity index (χ4n) is 3.15. The first-order chi connectivity index (χ1) is 12.8. The molecule has 0 radical (unpaired) electrons. The Morgan fingerprint density at radius 3 is 2.78 bits per heavy atom. The van der Waals surface area contributed by atoms with Crippen LogP contribution >= 0.6 is 15.9 Å². The smallest absolute Gasteiger partial charge is 0.246 e. The first-order valence-corrected chi connectivity index (χ1v) is 9.42. The molecule has 1 aliphatic rings. The van der Waals surface area contributed by atoms with E-state index in [0.717, 1.165) is 10.9 Å². The molecule has 1 aromatic carbocycles. The van der Waals surface area contributed by atoms with E-state index in [2.05, 4.69) is 21.0 Å². The third-order valence-corrected chi connectivity index (χ3v) is 5.16. The summed E-state index contributed by atoms with van der Waals surface area (Å²) >= 11 is 3.28. The first-order valence-electron chi connectivity index (χ1n) is 8.63. The van der Waals surface area contributed by atoms with Crippen LogP contribution in [0.4, 0.5) is 4.39 Å². The lowest BCUT2D eigenvalue weighted by molar-refractivity contribution is -0.133. The zero-order chi connectivity index (χ0) is 19.6. The van der Waals surface area contributed by atoms with E-state index in [0.29, 0.717) is 24.2 Å². The molecule has 2 unspecified atom stereocenters. The van der Waals surface area contributed by atoms with E-state index >= 15 is 0 Å². The van der Waals surface area contributed by atoms with E-state index < -0.39 is 5.82 Å². The van der Waals surface area contributed by atoms with Gasteiger partial charge in [-0.25, -0.2) is 9.07 Å². The average Bonchev–Trinajstić information content (AvgIpc) is 3.06. The van der Waals surface area contributed by atoms with Crippen molar-refractivity contribution in [2.24, 2.45) is 11.7 Å². The minimum absolute atomic E-state index is 0.0372. The molecule has 0 bridgehead atoms. The van der Waals surface area contributed by atoms with Crippen molar-refractivity contribution in [3.8, 4) is 5.69 Å². The molecular weight excluding hydrogens is 415 g/mol. The highest BCUT2D eigenvalue weighted by atomic mass is 79.9. The Morgan fingerprint density at radius 2 is 2.15 bits per heavy atom. The zero-order valence-electron chi connectivity index (χ0n) is 14.8. The highest BCUT2D eigenvalue weighted by Gasteiger charge is 2.30. The molecule has 2 amide bonds. The Hall–Kier alpha value is -2.48. The van der Waals surface area contributed by atoms with E-state index in [-0.39, 0.29) is 23.8 Å². The monoisotopic (exact) mass is 434 g/mol. The third kappa shape index (κ3) is 4.44. The summed E-state index contributed by atoms with van der Waals surface area (Å²) in [7, 11) is 0. The third-order valence-electron chi connectivity index (χ3n) is 4.76. The van der Waals surface area contributed by atoms with Crippen LogP contribution in [0.1, 0.15) is 25.3 Å². The van der Waals surface area contributed by atoms with Crippen LogP contribution in [-0.4, -0.2) is 39.1 Å². The number of primary amides is 1. The van der Waals surface area contributed by atoms with Gasteiger partial charge in [0, 0.05) is 24.9 Å². The Kier molecular flexibility index (Phi) is 5.74. The van der Waals surface area contributed by atoms with Gasteiger partial charge in [0.15, 0.2) is 0 Å². The van der Waals surface area contributed by atoms with Gasteiger partial charge in [-0.05, 0) is 59.5 Å². The molecule has 1 saturated heterocycles. The van der Waals surface area contributed by atoms with Gasteiger partial charge in [0.2, 0.25) is 11.8 Å². The van der Waals surface area contributed by atoms with Gasteiger partial charge < -0.3 is 10.6 Å². The number of aromatic nitrogens is 2. The summed E-state index contributed by atoms with van der Waals surface area (Å²) in [6, 6.07) is 4.70. The average molecular weight is 435 g/mol. The topological polar surface area (TPSA) is 81.2 Å². The molecule has 27 heavy (non-hydrogen) atoms. The number of rotatable bonds is 4. The van der Waals surface area contributed by atoms with Crippen LogP contribution in [0, 0.1) is 11.7 Å². The number of carbonyl (C=O) groups is 2.